The van der Waals surface area contributed by atoms with E-state index in [1.54, 1.807) is 15.9 Å². The number of urea groups is 1. The van der Waals surface area contributed by atoms with Crippen molar-refractivity contribution in [2.45, 2.75) is 18.6 Å². The number of nitrogens with zero attached hydrogens (tertiary/aromatic N) is 2. The van der Waals surface area contributed by atoms with Gasteiger partial charge in [0, 0.05) is 17.3 Å². The number of fused-ring (bicyclic) bond motifs is 1. The molecule has 0 spiro atoms. The second-order valence-electron chi connectivity index (χ2n) is 6.42. The summed E-state index contributed by atoms with van der Waals surface area (Å²) in [7, 11) is -3.17. The first kappa shape index (κ1) is 16.4. The number of carbonyl (C=O) groups excluding carboxylic acids is 1. The fraction of sp³-hybridized carbons (Fsp3) is 0.278. The summed E-state index contributed by atoms with van der Waals surface area (Å²) in [6.07, 6.45) is 0. The molecule has 7 heteroatoms. The summed E-state index contributed by atoms with van der Waals surface area (Å²) in [5.41, 5.74) is 1.54. The maximum absolute atomic E-state index is 13.1. The smallest absolute Gasteiger partial charge is 0.314 e. The average Bonchev–Trinajstić information content (AvgIpc) is 3.01. The number of para-hydroxylation sites is 1. The molecule has 0 aliphatic carbocycles. The summed E-state index contributed by atoms with van der Waals surface area (Å²) >= 11 is 6.23. The van der Waals surface area contributed by atoms with Crippen molar-refractivity contribution in [2.75, 3.05) is 16.4 Å². The summed E-state index contributed by atoms with van der Waals surface area (Å²) in [6, 6.07) is 15.7. The molecule has 2 atom stereocenters. The van der Waals surface area contributed by atoms with Crippen LogP contribution < -0.4 is 4.90 Å². The van der Waals surface area contributed by atoms with Crippen molar-refractivity contribution in [3.05, 3.63) is 65.2 Å². The maximum atomic E-state index is 13.1. The Morgan fingerprint density at radius 2 is 1.60 bits per heavy atom. The first-order valence-corrected chi connectivity index (χ1v) is 10.2. The molecule has 0 radical (unpaired) electrons. The third-order valence-corrected chi connectivity index (χ3v) is 6.88. The third kappa shape index (κ3) is 2.89. The van der Waals surface area contributed by atoms with Crippen LogP contribution in [0.2, 0.25) is 5.02 Å². The van der Waals surface area contributed by atoms with Crippen molar-refractivity contribution >= 4 is 33.2 Å². The molecule has 5 nitrogen and oxygen atoms in total. The van der Waals surface area contributed by atoms with Gasteiger partial charge >= 0.3 is 6.03 Å². The third-order valence-electron chi connectivity index (χ3n) is 4.81. The molecule has 0 aromatic heterocycles. The average molecular weight is 377 g/mol. The summed E-state index contributed by atoms with van der Waals surface area (Å²) < 4.78 is 24.4. The monoisotopic (exact) mass is 376 g/mol. The Labute approximate surface area is 151 Å². The number of hydrogen-bond donors (Lipinski definition) is 0. The highest BCUT2D eigenvalue weighted by atomic mass is 35.5. The number of halogens is 1. The minimum atomic E-state index is -3.17. The maximum Gasteiger partial charge on any atom is 0.325 e. The minimum Gasteiger partial charge on any atom is -0.314 e. The molecular formula is C18H17ClN2O3S. The zero-order valence-corrected chi connectivity index (χ0v) is 14.9. The van der Waals surface area contributed by atoms with Crippen LogP contribution in [0.3, 0.4) is 0 Å². The van der Waals surface area contributed by atoms with Crippen LogP contribution in [-0.2, 0) is 16.4 Å². The number of benzene rings is 2. The van der Waals surface area contributed by atoms with Gasteiger partial charge in [0.05, 0.1) is 23.6 Å². The molecule has 2 aromatic carbocycles. The molecular weight excluding hydrogens is 360 g/mol. The van der Waals surface area contributed by atoms with E-state index >= 15 is 0 Å². The number of amides is 2. The first-order valence-electron chi connectivity index (χ1n) is 8.05. The van der Waals surface area contributed by atoms with Gasteiger partial charge in [0.25, 0.3) is 0 Å². The van der Waals surface area contributed by atoms with Crippen LogP contribution in [0.4, 0.5) is 10.5 Å². The van der Waals surface area contributed by atoms with Crippen LogP contribution in [-0.4, -0.2) is 42.9 Å². The molecule has 2 saturated heterocycles. The van der Waals surface area contributed by atoms with Gasteiger partial charge < -0.3 is 4.90 Å². The molecule has 2 fully saturated rings. The molecule has 0 bridgehead atoms. The van der Waals surface area contributed by atoms with E-state index in [9.17, 15) is 13.2 Å². The SMILES string of the molecule is O=C1N(Cc2ccccc2Cl)C2CS(=O)(=O)CC2N1c1ccccc1. The van der Waals surface area contributed by atoms with Gasteiger partial charge in [-0.25, -0.2) is 13.2 Å². The van der Waals surface area contributed by atoms with E-state index in [0.717, 1.165) is 11.3 Å². The first-order chi connectivity index (χ1) is 12.0. The topological polar surface area (TPSA) is 57.7 Å². The zero-order valence-electron chi connectivity index (χ0n) is 13.4. The van der Waals surface area contributed by atoms with Gasteiger partial charge in [0.15, 0.2) is 9.84 Å². The standard InChI is InChI=1S/C18H17ClN2O3S/c19-15-9-5-4-6-13(15)10-20-16-11-25(23,24)12-17(16)21(18(20)22)14-7-2-1-3-8-14/h1-9,16-17H,10-12H2. The Kier molecular flexibility index (Phi) is 3.96. The van der Waals surface area contributed by atoms with Gasteiger partial charge in [0.2, 0.25) is 0 Å². The lowest BCUT2D eigenvalue weighted by Crippen LogP contribution is -2.37. The van der Waals surface area contributed by atoms with Gasteiger partial charge in [-0.05, 0) is 23.8 Å². The van der Waals surface area contributed by atoms with Crippen molar-refractivity contribution in [3.8, 4) is 0 Å². The van der Waals surface area contributed by atoms with Crippen molar-refractivity contribution in [1.82, 2.24) is 4.90 Å². The van der Waals surface area contributed by atoms with Crippen LogP contribution in [0.25, 0.3) is 0 Å². The number of carbonyl (C=O) groups is 1. The predicted octanol–water partition coefficient (Wildman–Crippen LogP) is 2.95. The molecule has 4 rings (SSSR count). The highest BCUT2D eigenvalue weighted by Gasteiger charge is 2.53. The Morgan fingerprint density at radius 3 is 2.32 bits per heavy atom. The number of hydrogen-bond acceptors (Lipinski definition) is 3. The summed E-state index contributed by atoms with van der Waals surface area (Å²) in [5.74, 6) is -0.00544. The fourth-order valence-corrected chi connectivity index (χ4v) is 5.81. The molecule has 25 heavy (non-hydrogen) atoms. The van der Waals surface area contributed by atoms with Gasteiger partial charge in [-0.1, -0.05) is 48.0 Å². The van der Waals surface area contributed by atoms with Crippen molar-refractivity contribution in [2.24, 2.45) is 0 Å². The molecule has 2 aliphatic rings. The highest BCUT2D eigenvalue weighted by Crippen LogP contribution is 2.36. The fourth-order valence-electron chi connectivity index (χ4n) is 3.66. The van der Waals surface area contributed by atoms with Crippen molar-refractivity contribution in [3.63, 3.8) is 0 Å². The van der Waals surface area contributed by atoms with Gasteiger partial charge in [0.1, 0.15) is 0 Å². The lowest BCUT2D eigenvalue weighted by molar-refractivity contribution is 0.206. The van der Waals surface area contributed by atoms with E-state index in [0.29, 0.717) is 11.6 Å². The Morgan fingerprint density at radius 1 is 0.960 bits per heavy atom. The van der Waals surface area contributed by atoms with Gasteiger partial charge in [-0.2, -0.15) is 0 Å². The Bertz CT molecular complexity index is 917. The quantitative estimate of drug-likeness (QED) is 0.774. The minimum absolute atomic E-state index is 0.00266. The normalized spacial score (nSPS) is 24.6. The molecule has 2 aliphatic heterocycles. The molecule has 0 N–H and O–H groups in total. The van der Waals surface area contributed by atoms with Gasteiger partial charge in [-0.3, -0.25) is 4.90 Å². The predicted molar refractivity (Wildman–Crippen MR) is 97.5 cm³/mol. The molecule has 2 aromatic rings. The molecule has 2 heterocycles. The molecule has 2 unspecified atom stereocenters. The summed E-state index contributed by atoms with van der Waals surface area (Å²) in [5, 5.41) is 0.575. The van der Waals surface area contributed by atoms with Crippen LogP contribution in [0.1, 0.15) is 5.56 Å². The Balaban J connectivity index is 1.72. The Hall–Kier alpha value is -2.05. The number of rotatable bonds is 3. The largest absolute Gasteiger partial charge is 0.325 e. The van der Waals surface area contributed by atoms with Crippen molar-refractivity contribution in [1.29, 1.82) is 0 Å². The van der Waals surface area contributed by atoms with Crippen molar-refractivity contribution < 1.29 is 13.2 Å². The highest BCUT2D eigenvalue weighted by molar-refractivity contribution is 7.91. The molecule has 0 saturated carbocycles. The zero-order chi connectivity index (χ0) is 17.6. The lowest BCUT2D eigenvalue weighted by Gasteiger charge is -2.23. The van der Waals surface area contributed by atoms with Crippen LogP contribution in [0.5, 0.6) is 0 Å². The molecule has 130 valence electrons. The van der Waals surface area contributed by atoms with Crippen LogP contribution in [0.15, 0.2) is 54.6 Å². The number of anilines is 1. The van der Waals surface area contributed by atoms with E-state index in [4.69, 9.17) is 11.6 Å². The van der Waals surface area contributed by atoms with E-state index in [-0.39, 0.29) is 29.6 Å². The molecule has 2 amide bonds. The second kappa shape index (κ2) is 6.04. The van der Waals surface area contributed by atoms with E-state index in [1.165, 1.54) is 0 Å². The van der Waals surface area contributed by atoms with E-state index in [1.807, 2.05) is 48.5 Å². The van der Waals surface area contributed by atoms with Crippen LogP contribution in [0, 0.1) is 0 Å². The second-order valence-corrected chi connectivity index (χ2v) is 8.98. The van der Waals surface area contributed by atoms with Crippen LogP contribution >= 0.6 is 11.6 Å². The summed E-state index contributed by atoms with van der Waals surface area (Å²) in [6.45, 7) is 0.304. The lowest BCUT2D eigenvalue weighted by atomic mass is 10.1. The number of sulfone groups is 1. The summed E-state index contributed by atoms with van der Waals surface area (Å²) in [4.78, 5) is 16.3. The van der Waals surface area contributed by atoms with E-state index in [2.05, 4.69) is 0 Å². The van der Waals surface area contributed by atoms with Gasteiger partial charge in [-0.15, -0.1) is 0 Å². The van der Waals surface area contributed by atoms with E-state index < -0.39 is 9.84 Å².